The molecular formula is C10H18. The van der Waals surface area contributed by atoms with Gasteiger partial charge in [-0.2, -0.15) is 0 Å². The van der Waals surface area contributed by atoms with Gasteiger partial charge in [0.25, 0.3) is 0 Å². The Morgan fingerprint density at radius 1 is 1.40 bits per heavy atom. The molecule has 0 nitrogen and oxygen atoms in total. The first-order valence-corrected chi connectivity index (χ1v) is 4.01. The molecule has 0 heterocycles. The number of allylic oxidation sites excluding steroid dienone is 4. The lowest BCUT2D eigenvalue weighted by Gasteiger charge is -1.93. The fourth-order valence-corrected chi connectivity index (χ4v) is 0.734. The minimum Gasteiger partial charge on any atom is -0.0819 e. The van der Waals surface area contributed by atoms with Crippen LogP contribution in [0.1, 0.15) is 34.1 Å². The minimum atomic E-state index is 0.667. The van der Waals surface area contributed by atoms with Gasteiger partial charge >= 0.3 is 0 Å². The third-order valence-electron chi connectivity index (χ3n) is 1.27. The molecule has 0 aromatic carbocycles. The monoisotopic (exact) mass is 138 g/mol. The summed E-state index contributed by atoms with van der Waals surface area (Å²) >= 11 is 0. The van der Waals surface area contributed by atoms with Crippen LogP contribution < -0.4 is 0 Å². The summed E-state index contributed by atoms with van der Waals surface area (Å²) in [6.45, 7) is 8.68. The van der Waals surface area contributed by atoms with E-state index >= 15 is 0 Å². The third-order valence-corrected chi connectivity index (χ3v) is 1.27. The maximum absolute atomic E-state index is 2.24. The van der Waals surface area contributed by atoms with Gasteiger partial charge in [0, 0.05) is 0 Å². The zero-order chi connectivity index (χ0) is 7.98. The average Bonchev–Trinajstić information content (AvgIpc) is 1.85. The van der Waals surface area contributed by atoms with Gasteiger partial charge in [-0.3, -0.25) is 0 Å². The Morgan fingerprint density at radius 3 is 2.40 bits per heavy atom. The molecule has 0 aromatic heterocycles. The van der Waals surface area contributed by atoms with Crippen molar-refractivity contribution in [1.29, 1.82) is 0 Å². The highest BCUT2D eigenvalue weighted by Gasteiger charge is 1.83. The predicted molar refractivity (Wildman–Crippen MR) is 48.0 cm³/mol. The van der Waals surface area contributed by atoms with Crippen LogP contribution in [-0.2, 0) is 0 Å². The molecule has 0 fully saturated rings. The molecule has 58 valence electrons. The molecule has 0 aromatic rings. The molecule has 0 saturated carbocycles. The first-order chi connectivity index (χ1) is 4.66. The average molecular weight is 138 g/mol. The minimum absolute atomic E-state index is 0.667. The van der Waals surface area contributed by atoms with Crippen molar-refractivity contribution in [1.82, 2.24) is 0 Å². The fraction of sp³-hybridized carbons (Fsp3) is 0.600. The summed E-state index contributed by atoms with van der Waals surface area (Å²) in [6, 6.07) is 0. The molecule has 0 bridgehead atoms. The highest BCUT2D eigenvalue weighted by atomic mass is 13.9. The van der Waals surface area contributed by atoms with Crippen LogP contribution in [-0.4, -0.2) is 0 Å². The lowest BCUT2D eigenvalue weighted by atomic mass is 10.1. The summed E-state index contributed by atoms with van der Waals surface area (Å²) < 4.78 is 0. The van der Waals surface area contributed by atoms with Gasteiger partial charge in [-0.05, 0) is 19.3 Å². The Balaban J connectivity index is 3.77. The van der Waals surface area contributed by atoms with Crippen LogP contribution in [0.2, 0.25) is 0 Å². The molecule has 0 aliphatic heterocycles. The molecule has 0 N–H and O–H groups in total. The van der Waals surface area contributed by atoms with Crippen molar-refractivity contribution in [3.8, 4) is 0 Å². The van der Waals surface area contributed by atoms with Gasteiger partial charge in [-0.15, -0.1) is 0 Å². The number of hydrogen-bond acceptors (Lipinski definition) is 0. The van der Waals surface area contributed by atoms with Gasteiger partial charge in [0.1, 0.15) is 0 Å². The van der Waals surface area contributed by atoms with E-state index in [0.29, 0.717) is 5.92 Å². The largest absolute Gasteiger partial charge is 0.0819 e. The molecule has 0 aliphatic carbocycles. The van der Waals surface area contributed by atoms with E-state index in [4.69, 9.17) is 0 Å². The Kier molecular flexibility index (Phi) is 5.00. The zero-order valence-electron chi connectivity index (χ0n) is 7.52. The maximum atomic E-state index is 2.24. The van der Waals surface area contributed by atoms with Gasteiger partial charge in [-0.25, -0.2) is 0 Å². The van der Waals surface area contributed by atoms with Gasteiger partial charge < -0.3 is 0 Å². The van der Waals surface area contributed by atoms with Crippen molar-refractivity contribution >= 4 is 0 Å². The molecule has 0 aliphatic rings. The Hall–Kier alpha value is -0.520. The second kappa shape index (κ2) is 5.28. The van der Waals surface area contributed by atoms with Crippen molar-refractivity contribution in [3.05, 3.63) is 23.8 Å². The fourth-order valence-electron chi connectivity index (χ4n) is 0.734. The lowest BCUT2D eigenvalue weighted by molar-refractivity contribution is 0.830. The SMILES string of the molecule is CC/C=C(C)\C=C/C(C)C. The summed E-state index contributed by atoms with van der Waals surface area (Å²) in [6.07, 6.45) is 7.78. The quantitative estimate of drug-likeness (QED) is 0.523. The molecule has 0 unspecified atom stereocenters. The Bertz CT molecular complexity index is 127. The number of hydrogen-bond donors (Lipinski definition) is 0. The van der Waals surface area contributed by atoms with Crippen LogP contribution in [0, 0.1) is 5.92 Å². The van der Waals surface area contributed by atoms with Crippen molar-refractivity contribution in [3.63, 3.8) is 0 Å². The van der Waals surface area contributed by atoms with E-state index in [-0.39, 0.29) is 0 Å². The first kappa shape index (κ1) is 9.48. The normalized spacial score (nSPS) is 13.5. The lowest BCUT2D eigenvalue weighted by Crippen LogP contribution is -1.77. The number of rotatable bonds is 3. The van der Waals surface area contributed by atoms with Crippen LogP contribution in [0.25, 0.3) is 0 Å². The van der Waals surface area contributed by atoms with E-state index in [9.17, 15) is 0 Å². The summed E-state index contributed by atoms with van der Waals surface area (Å²) in [7, 11) is 0. The van der Waals surface area contributed by atoms with E-state index < -0.39 is 0 Å². The van der Waals surface area contributed by atoms with E-state index in [1.807, 2.05) is 0 Å². The summed E-state index contributed by atoms with van der Waals surface area (Å²) in [4.78, 5) is 0. The van der Waals surface area contributed by atoms with Crippen LogP contribution in [0.15, 0.2) is 23.8 Å². The van der Waals surface area contributed by atoms with E-state index in [2.05, 4.69) is 45.9 Å². The molecule has 0 rings (SSSR count). The van der Waals surface area contributed by atoms with E-state index in [0.717, 1.165) is 6.42 Å². The standard InChI is InChI=1S/C10H18/c1-5-6-10(4)8-7-9(2)3/h6-9H,5H2,1-4H3/b8-7-,10-6-. The maximum Gasteiger partial charge on any atom is -0.0287 e. The predicted octanol–water partition coefficient (Wildman–Crippen LogP) is 3.55. The topological polar surface area (TPSA) is 0 Å². The molecule has 10 heavy (non-hydrogen) atoms. The van der Waals surface area contributed by atoms with Crippen LogP contribution in [0.4, 0.5) is 0 Å². The van der Waals surface area contributed by atoms with Gasteiger partial charge in [0.05, 0.1) is 0 Å². The molecular weight excluding hydrogens is 120 g/mol. The van der Waals surface area contributed by atoms with Gasteiger partial charge in [0.15, 0.2) is 0 Å². The summed E-state index contributed by atoms with van der Waals surface area (Å²) in [5.74, 6) is 0.667. The molecule has 0 amide bonds. The third kappa shape index (κ3) is 5.61. The summed E-state index contributed by atoms with van der Waals surface area (Å²) in [5.41, 5.74) is 1.37. The van der Waals surface area contributed by atoms with Crippen molar-refractivity contribution in [2.45, 2.75) is 34.1 Å². The molecule has 0 heteroatoms. The van der Waals surface area contributed by atoms with Crippen LogP contribution in [0.3, 0.4) is 0 Å². The second-order valence-electron chi connectivity index (χ2n) is 2.96. The highest BCUT2D eigenvalue weighted by Crippen LogP contribution is 2.01. The summed E-state index contributed by atoms with van der Waals surface area (Å²) in [5, 5.41) is 0. The van der Waals surface area contributed by atoms with Crippen molar-refractivity contribution < 1.29 is 0 Å². The first-order valence-electron chi connectivity index (χ1n) is 4.01. The smallest absolute Gasteiger partial charge is 0.0287 e. The van der Waals surface area contributed by atoms with Crippen molar-refractivity contribution in [2.75, 3.05) is 0 Å². The molecule has 0 saturated heterocycles. The highest BCUT2D eigenvalue weighted by molar-refractivity contribution is 5.15. The van der Waals surface area contributed by atoms with E-state index in [1.165, 1.54) is 5.57 Å². The van der Waals surface area contributed by atoms with E-state index in [1.54, 1.807) is 0 Å². The molecule has 0 radical (unpaired) electrons. The van der Waals surface area contributed by atoms with Crippen LogP contribution >= 0.6 is 0 Å². The van der Waals surface area contributed by atoms with Gasteiger partial charge in [-0.1, -0.05) is 44.6 Å². The Morgan fingerprint density at radius 2 is 2.00 bits per heavy atom. The van der Waals surface area contributed by atoms with Crippen molar-refractivity contribution in [2.24, 2.45) is 5.92 Å². The molecule has 0 atom stereocenters. The second-order valence-corrected chi connectivity index (χ2v) is 2.96. The zero-order valence-corrected chi connectivity index (χ0v) is 7.52. The van der Waals surface area contributed by atoms with Crippen LogP contribution in [0.5, 0.6) is 0 Å². The van der Waals surface area contributed by atoms with Gasteiger partial charge in [0.2, 0.25) is 0 Å². The Labute approximate surface area is 64.6 Å². The molecule has 0 spiro atoms.